The summed E-state index contributed by atoms with van der Waals surface area (Å²) in [5.74, 6) is -0.860. The van der Waals surface area contributed by atoms with Crippen molar-refractivity contribution in [2.45, 2.75) is 45.1 Å². The molecule has 1 saturated carbocycles. The van der Waals surface area contributed by atoms with E-state index in [4.69, 9.17) is 5.73 Å². The van der Waals surface area contributed by atoms with Gasteiger partial charge in [0.05, 0.1) is 5.69 Å². The lowest BCUT2D eigenvalue weighted by molar-refractivity contribution is -0.146. The summed E-state index contributed by atoms with van der Waals surface area (Å²) >= 11 is 1.08. The van der Waals surface area contributed by atoms with E-state index < -0.39 is 17.4 Å². The number of hydrogen-bond donors (Lipinski definition) is 3. The second-order valence-electron chi connectivity index (χ2n) is 5.49. The maximum Gasteiger partial charge on any atom is 0.329 e. The maximum atomic E-state index is 12.3. The predicted molar refractivity (Wildman–Crippen MR) is 76.7 cm³/mol. The number of nitrogens with zero attached hydrogens (tertiary/aromatic N) is 1. The van der Waals surface area contributed by atoms with Gasteiger partial charge in [-0.25, -0.2) is 9.78 Å². The first-order valence-corrected chi connectivity index (χ1v) is 7.44. The molecule has 2 rings (SSSR count). The van der Waals surface area contributed by atoms with Crippen LogP contribution in [0.1, 0.15) is 48.0 Å². The number of nitrogens with one attached hydrogen (secondary N) is 1. The van der Waals surface area contributed by atoms with Crippen molar-refractivity contribution in [2.75, 3.05) is 5.73 Å². The van der Waals surface area contributed by atoms with E-state index in [0.717, 1.165) is 24.2 Å². The summed E-state index contributed by atoms with van der Waals surface area (Å²) in [6, 6.07) is 0. The fraction of sp³-hybridized carbons (Fsp3) is 0.615. The zero-order chi connectivity index (χ0) is 14.9. The standard InChI is InChI=1S/C13H19N3O3S/c1-7-3-5-13(6-4-7,11(18)19)16-10(17)9-8(2)15-12(14)20-9/h7H,3-6H2,1-2H3,(H2,14,15)(H,16,17)(H,18,19). The number of anilines is 1. The summed E-state index contributed by atoms with van der Waals surface area (Å²) < 4.78 is 0. The molecule has 1 fully saturated rings. The number of amides is 1. The Morgan fingerprint density at radius 2 is 2.05 bits per heavy atom. The van der Waals surface area contributed by atoms with Crippen LogP contribution in [0.5, 0.6) is 0 Å². The third kappa shape index (κ3) is 2.77. The Balaban J connectivity index is 2.19. The summed E-state index contributed by atoms with van der Waals surface area (Å²) in [7, 11) is 0. The Morgan fingerprint density at radius 1 is 1.45 bits per heavy atom. The monoisotopic (exact) mass is 297 g/mol. The summed E-state index contributed by atoms with van der Waals surface area (Å²) in [5.41, 5.74) is 4.95. The van der Waals surface area contributed by atoms with Crippen LogP contribution >= 0.6 is 11.3 Å². The predicted octanol–water partition coefficient (Wildman–Crippen LogP) is 1.80. The number of carbonyl (C=O) groups is 2. The van der Waals surface area contributed by atoms with Crippen LogP contribution in [0.15, 0.2) is 0 Å². The molecule has 0 unspecified atom stereocenters. The quantitative estimate of drug-likeness (QED) is 0.789. The van der Waals surface area contributed by atoms with E-state index >= 15 is 0 Å². The zero-order valence-corrected chi connectivity index (χ0v) is 12.4. The van der Waals surface area contributed by atoms with E-state index in [9.17, 15) is 14.7 Å². The molecule has 0 aliphatic heterocycles. The SMILES string of the molecule is Cc1nc(N)sc1C(=O)NC1(C(=O)O)CCC(C)CC1. The van der Waals surface area contributed by atoms with Crippen LogP contribution in [0.2, 0.25) is 0 Å². The Labute approximate surface area is 121 Å². The second kappa shape index (κ2) is 5.40. The van der Waals surface area contributed by atoms with Crippen molar-refractivity contribution < 1.29 is 14.7 Å². The molecule has 1 aliphatic rings. The summed E-state index contributed by atoms with van der Waals surface area (Å²) in [6.45, 7) is 3.79. The van der Waals surface area contributed by atoms with Gasteiger partial charge in [-0.2, -0.15) is 0 Å². The number of hydrogen-bond acceptors (Lipinski definition) is 5. The lowest BCUT2D eigenvalue weighted by Gasteiger charge is -2.36. The number of carbonyl (C=O) groups excluding carboxylic acids is 1. The molecule has 1 aliphatic carbocycles. The number of aliphatic carboxylic acids is 1. The van der Waals surface area contributed by atoms with E-state index in [2.05, 4.69) is 17.2 Å². The van der Waals surface area contributed by atoms with Crippen LogP contribution < -0.4 is 11.1 Å². The molecule has 0 bridgehead atoms. The fourth-order valence-electron chi connectivity index (χ4n) is 2.55. The van der Waals surface area contributed by atoms with Crippen LogP contribution in [0, 0.1) is 12.8 Å². The van der Waals surface area contributed by atoms with Gasteiger partial charge in [0.25, 0.3) is 5.91 Å². The number of carboxylic acid groups (broad SMARTS) is 1. The topological polar surface area (TPSA) is 105 Å². The van der Waals surface area contributed by atoms with E-state index in [1.807, 2.05) is 0 Å². The van der Waals surface area contributed by atoms with Gasteiger partial charge in [-0.05, 0) is 38.5 Å². The van der Waals surface area contributed by atoms with Crippen molar-refractivity contribution in [1.29, 1.82) is 0 Å². The number of aryl methyl sites for hydroxylation is 1. The highest BCUT2D eigenvalue weighted by Crippen LogP contribution is 2.33. The molecule has 6 nitrogen and oxygen atoms in total. The van der Waals surface area contributed by atoms with Crippen molar-refractivity contribution in [2.24, 2.45) is 5.92 Å². The molecule has 0 atom stereocenters. The first-order valence-electron chi connectivity index (χ1n) is 6.63. The Kier molecular flexibility index (Phi) is 3.99. The van der Waals surface area contributed by atoms with E-state index in [-0.39, 0.29) is 0 Å². The van der Waals surface area contributed by atoms with Crippen molar-refractivity contribution in [3.05, 3.63) is 10.6 Å². The van der Waals surface area contributed by atoms with Crippen LogP contribution in [0.3, 0.4) is 0 Å². The normalized spacial score (nSPS) is 26.2. The fourth-order valence-corrected chi connectivity index (χ4v) is 3.28. The van der Waals surface area contributed by atoms with Crippen LogP contribution in [0.25, 0.3) is 0 Å². The number of rotatable bonds is 3. The highest BCUT2D eigenvalue weighted by Gasteiger charge is 2.43. The summed E-state index contributed by atoms with van der Waals surface area (Å²) in [4.78, 5) is 28.3. The molecule has 1 heterocycles. The minimum atomic E-state index is -1.16. The lowest BCUT2D eigenvalue weighted by atomic mass is 9.77. The third-order valence-corrected chi connectivity index (χ3v) is 4.89. The number of carboxylic acids is 1. The average molecular weight is 297 g/mol. The van der Waals surface area contributed by atoms with Crippen LogP contribution in [-0.2, 0) is 4.79 Å². The molecule has 7 heteroatoms. The van der Waals surface area contributed by atoms with Crippen molar-refractivity contribution >= 4 is 28.3 Å². The Bertz CT molecular complexity index is 533. The van der Waals surface area contributed by atoms with Crippen molar-refractivity contribution in [1.82, 2.24) is 10.3 Å². The summed E-state index contributed by atoms with van der Waals surface area (Å²) in [6.07, 6.45) is 2.53. The van der Waals surface area contributed by atoms with Gasteiger partial charge in [0.1, 0.15) is 10.4 Å². The molecule has 0 spiro atoms. The van der Waals surface area contributed by atoms with Gasteiger partial charge in [0.15, 0.2) is 5.13 Å². The molecule has 0 radical (unpaired) electrons. The minimum absolute atomic E-state index is 0.314. The zero-order valence-electron chi connectivity index (χ0n) is 11.6. The molecule has 1 amide bonds. The lowest BCUT2D eigenvalue weighted by Crippen LogP contribution is -2.56. The number of nitrogen functional groups attached to an aromatic ring is 1. The minimum Gasteiger partial charge on any atom is -0.480 e. The molecule has 1 aromatic rings. The smallest absolute Gasteiger partial charge is 0.329 e. The van der Waals surface area contributed by atoms with Gasteiger partial charge in [-0.3, -0.25) is 4.79 Å². The van der Waals surface area contributed by atoms with Crippen molar-refractivity contribution in [3.8, 4) is 0 Å². The molecule has 20 heavy (non-hydrogen) atoms. The van der Waals surface area contributed by atoms with Gasteiger partial charge in [0, 0.05) is 0 Å². The van der Waals surface area contributed by atoms with Gasteiger partial charge in [-0.1, -0.05) is 18.3 Å². The van der Waals surface area contributed by atoms with Crippen molar-refractivity contribution in [3.63, 3.8) is 0 Å². The van der Waals surface area contributed by atoms with E-state index in [1.54, 1.807) is 6.92 Å². The molecule has 1 aromatic heterocycles. The number of thiazole rings is 1. The molecular weight excluding hydrogens is 278 g/mol. The molecule has 0 saturated heterocycles. The molecular formula is C13H19N3O3S. The highest BCUT2D eigenvalue weighted by atomic mass is 32.1. The number of aromatic nitrogens is 1. The van der Waals surface area contributed by atoms with Crippen LogP contribution in [0.4, 0.5) is 5.13 Å². The Hall–Kier alpha value is -1.63. The molecule has 4 N–H and O–H groups in total. The third-order valence-electron chi connectivity index (χ3n) is 3.91. The van der Waals surface area contributed by atoms with Gasteiger partial charge >= 0.3 is 5.97 Å². The van der Waals surface area contributed by atoms with Crippen LogP contribution in [-0.4, -0.2) is 27.5 Å². The first-order chi connectivity index (χ1) is 9.34. The number of nitrogens with two attached hydrogens (primary N) is 1. The van der Waals surface area contributed by atoms with E-state index in [1.165, 1.54) is 0 Å². The molecule has 110 valence electrons. The summed E-state index contributed by atoms with van der Waals surface area (Å²) in [5, 5.41) is 12.5. The average Bonchev–Trinajstić information content (AvgIpc) is 2.71. The maximum absolute atomic E-state index is 12.3. The second-order valence-corrected chi connectivity index (χ2v) is 6.52. The van der Waals surface area contributed by atoms with Gasteiger partial charge in [0.2, 0.25) is 0 Å². The molecule has 0 aromatic carbocycles. The van der Waals surface area contributed by atoms with Gasteiger partial charge < -0.3 is 16.2 Å². The first kappa shape index (κ1) is 14.8. The van der Waals surface area contributed by atoms with Gasteiger partial charge in [-0.15, -0.1) is 0 Å². The highest BCUT2D eigenvalue weighted by molar-refractivity contribution is 7.17. The van der Waals surface area contributed by atoms with E-state index in [0.29, 0.717) is 34.5 Å². The largest absolute Gasteiger partial charge is 0.480 e. The Morgan fingerprint density at radius 3 is 2.50 bits per heavy atom.